The van der Waals surface area contributed by atoms with Crippen LogP contribution in [-0.4, -0.2) is 47.9 Å². The van der Waals surface area contributed by atoms with Crippen LogP contribution in [0.1, 0.15) is 31.9 Å². The molecule has 1 atom stereocenters. The number of hydrogen-bond acceptors (Lipinski definition) is 2. The van der Waals surface area contributed by atoms with Crippen LogP contribution in [0.2, 0.25) is 0 Å². The molecule has 1 aliphatic heterocycles. The van der Waals surface area contributed by atoms with Crippen LogP contribution in [0.4, 0.5) is 13.6 Å². The number of halogens is 2. The first-order valence-corrected chi connectivity index (χ1v) is 7.71. The molecule has 0 bridgehead atoms. The van der Waals surface area contributed by atoms with E-state index < -0.39 is 23.7 Å². The van der Waals surface area contributed by atoms with Gasteiger partial charge in [-0.3, -0.25) is 4.79 Å². The van der Waals surface area contributed by atoms with E-state index in [2.05, 4.69) is 5.32 Å². The van der Waals surface area contributed by atoms with E-state index in [9.17, 15) is 18.4 Å². The van der Waals surface area contributed by atoms with Gasteiger partial charge in [-0.15, -0.1) is 0 Å². The van der Waals surface area contributed by atoms with Crippen LogP contribution >= 0.6 is 0 Å². The number of likely N-dealkylation sites (N-methyl/N-ethyl adjacent to an activating group) is 1. The summed E-state index contributed by atoms with van der Waals surface area (Å²) in [4.78, 5) is 27.4. The van der Waals surface area contributed by atoms with Gasteiger partial charge in [0.2, 0.25) is 5.91 Å². The zero-order chi connectivity index (χ0) is 17.0. The number of amides is 3. The molecule has 5 nitrogen and oxygen atoms in total. The van der Waals surface area contributed by atoms with Crippen LogP contribution in [0.5, 0.6) is 0 Å². The standard InChI is InChI=1S/C16H21F2N3O2/c1-3-20-8-5-9-21(10-14(20)22)16(23)19-11(2)12-6-4-7-13(17)15(12)18/h4,6-7,11H,3,5,8-10H2,1-2H3,(H,19,23). The van der Waals surface area contributed by atoms with E-state index in [0.717, 1.165) is 6.07 Å². The van der Waals surface area contributed by atoms with Crippen molar-refractivity contribution in [1.29, 1.82) is 0 Å². The lowest BCUT2D eigenvalue weighted by atomic mass is 10.1. The molecule has 1 aliphatic rings. The molecule has 1 fully saturated rings. The molecule has 126 valence electrons. The second-order valence-electron chi connectivity index (χ2n) is 5.56. The van der Waals surface area contributed by atoms with Crippen LogP contribution in [0, 0.1) is 11.6 Å². The summed E-state index contributed by atoms with van der Waals surface area (Å²) in [6, 6.07) is 2.70. The predicted molar refractivity (Wildman–Crippen MR) is 81.7 cm³/mol. The maximum absolute atomic E-state index is 13.8. The van der Waals surface area contributed by atoms with Crippen molar-refractivity contribution in [2.45, 2.75) is 26.3 Å². The van der Waals surface area contributed by atoms with Crippen molar-refractivity contribution in [2.75, 3.05) is 26.2 Å². The molecule has 2 rings (SSSR count). The first-order valence-electron chi connectivity index (χ1n) is 7.71. The molecule has 7 heteroatoms. The highest BCUT2D eigenvalue weighted by atomic mass is 19.2. The fraction of sp³-hybridized carbons (Fsp3) is 0.500. The highest BCUT2D eigenvalue weighted by molar-refractivity contribution is 5.84. The van der Waals surface area contributed by atoms with Crippen molar-refractivity contribution in [2.24, 2.45) is 0 Å². The van der Waals surface area contributed by atoms with Gasteiger partial charge in [0.15, 0.2) is 11.6 Å². The Kier molecular flexibility index (Phi) is 5.52. The van der Waals surface area contributed by atoms with E-state index >= 15 is 0 Å². The van der Waals surface area contributed by atoms with Crippen molar-refractivity contribution >= 4 is 11.9 Å². The minimum Gasteiger partial charge on any atom is -0.341 e. The van der Waals surface area contributed by atoms with Crippen molar-refractivity contribution < 1.29 is 18.4 Å². The highest BCUT2D eigenvalue weighted by Gasteiger charge is 2.25. The third-order valence-corrected chi connectivity index (χ3v) is 3.99. The zero-order valence-electron chi connectivity index (χ0n) is 13.3. The number of hydrogen-bond donors (Lipinski definition) is 1. The minimum absolute atomic E-state index is 0.00196. The summed E-state index contributed by atoms with van der Waals surface area (Å²) in [6.07, 6.45) is 0.690. The Balaban J connectivity index is 2.03. The average Bonchev–Trinajstić information content (AvgIpc) is 2.71. The van der Waals surface area contributed by atoms with Crippen molar-refractivity contribution in [1.82, 2.24) is 15.1 Å². The Bertz CT molecular complexity index is 595. The van der Waals surface area contributed by atoms with Crippen LogP contribution in [-0.2, 0) is 4.79 Å². The SMILES string of the molecule is CCN1CCCN(C(=O)NC(C)c2cccc(F)c2F)CC1=O. The zero-order valence-corrected chi connectivity index (χ0v) is 13.3. The van der Waals surface area contributed by atoms with E-state index in [1.165, 1.54) is 17.0 Å². The number of benzene rings is 1. The molecule has 23 heavy (non-hydrogen) atoms. The molecule has 0 spiro atoms. The quantitative estimate of drug-likeness (QED) is 0.927. The molecular formula is C16H21F2N3O2. The van der Waals surface area contributed by atoms with Crippen LogP contribution in [0.3, 0.4) is 0 Å². The van der Waals surface area contributed by atoms with Gasteiger partial charge >= 0.3 is 6.03 Å². The number of urea groups is 1. The number of carbonyl (C=O) groups is 2. The van der Waals surface area contributed by atoms with Gasteiger partial charge in [-0.2, -0.15) is 0 Å². The fourth-order valence-electron chi connectivity index (χ4n) is 2.64. The normalized spacial score (nSPS) is 17.0. The van der Waals surface area contributed by atoms with Gasteiger partial charge in [0.25, 0.3) is 0 Å². The van der Waals surface area contributed by atoms with Gasteiger partial charge in [-0.1, -0.05) is 12.1 Å². The molecule has 1 N–H and O–H groups in total. The van der Waals surface area contributed by atoms with Gasteiger partial charge < -0.3 is 15.1 Å². The Morgan fingerprint density at radius 2 is 2.09 bits per heavy atom. The summed E-state index contributed by atoms with van der Waals surface area (Å²) in [5.74, 6) is -2.03. The van der Waals surface area contributed by atoms with Crippen LogP contribution < -0.4 is 5.32 Å². The molecule has 3 amide bonds. The smallest absolute Gasteiger partial charge is 0.318 e. The fourth-order valence-corrected chi connectivity index (χ4v) is 2.64. The summed E-state index contributed by atoms with van der Waals surface area (Å²) in [7, 11) is 0. The molecule has 0 radical (unpaired) electrons. The topological polar surface area (TPSA) is 52.6 Å². The molecule has 0 aromatic heterocycles. The lowest BCUT2D eigenvalue weighted by Crippen LogP contribution is -2.45. The highest BCUT2D eigenvalue weighted by Crippen LogP contribution is 2.19. The van der Waals surface area contributed by atoms with E-state index in [4.69, 9.17) is 0 Å². The molecule has 1 heterocycles. The van der Waals surface area contributed by atoms with Crippen molar-refractivity contribution in [3.63, 3.8) is 0 Å². The predicted octanol–water partition coefficient (Wildman–Crippen LogP) is 2.29. The maximum atomic E-state index is 13.8. The van der Waals surface area contributed by atoms with Crippen LogP contribution in [0.15, 0.2) is 18.2 Å². The van der Waals surface area contributed by atoms with Crippen molar-refractivity contribution in [3.05, 3.63) is 35.4 Å². The lowest BCUT2D eigenvalue weighted by Gasteiger charge is -2.24. The van der Waals surface area contributed by atoms with Gasteiger partial charge in [-0.25, -0.2) is 13.6 Å². The largest absolute Gasteiger partial charge is 0.341 e. The second kappa shape index (κ2) is 7.39. The second-order valence-corrected chi connectivity index (χ2v) is 5.56. The molecule has 1 saturated heterocycles. The Morgan fingerprint density at radius 3 is 2.78 bits per heavy atom. The Hall–Kier alpha value is -2.18. The van der Waals surface area contributed by atoms with Gasteiger partial charge in [0, 0.05) is 25.2 Å². The summed E-state index contributed by atoms with van der Waals surface area (Å²) in [6.45, 7) is 5.15. The summed E-state index contributed by atoms with van der Waals surface area (Å²) in [5, 5.41) is 2.62. The van der Waals surface area contributed by atoms with E-state index in [-0.39, 0.29) is 18.0 Å². The van der Waals surface area contributed by atoms with Crippen LogP contribution in [0.25, 0.3) is 0 Å². The summed E-state index contributed by atoms with van der Waals surface area (Å²) >= 11 is 0. The Morgan fingerprint density at radius 1 is 1.35 bits per heavy atom. The average molecular weight is 325 g/mol. The monoisotopic (exact) mass is 325 g/mol. The first kappa shape index (κ1) is 17.2. The minimum atomic E-state index is -0.968. The van der Waals surface area contributed by atoms with E-state index in [0.29, 0.717) is 26.1 Å². The molecule has 0 aliphatic carbocycles. The van der Waals surface area contributed by atoms with E-state index in [1.54, 1.807) is 11.8 Å². The first-order chi connectivity index (χ1) is 10.9. The van der Waals surface area contributed by atoms with Gasteiger partial charge in [0.1, 0.15) is 6.54 Å². The molecule has 0 saturated carbocycles. The van der Waals surface area contributed by atoms with E-state index in [1.807, 2.05) is 6.92 Å². The Labute approximate surface area is 134 Å². The van der Waals surface area contributed by atoms with Crippen molar-refractivity contribution in [3.8, 4) is 0 Å². The number of nitrogens with zero attached hydrogens (tertiary/aromatic N) is 2. The third kappa shape index (κ3) is 3.97. The maximum Gasteiger partial charge on any atom is 0.318 e. The van der Waals surface area contributed by atoms with Gasteiger partial charge in [-0.05, 0) is 26.3 Å². The molecule has 1 aromatic rings. The summed E-state index contributed by atoms with van der Waals surface area (Å²) < 4.78 is 27.0. The van der Waals surface area contributed by atoms with Gasteiger partial charge in [0.05, 0.1) is 6.04 Å². The third-order valence-electron chi connectivity index (χ3n) is 3.99. The number of rotatable bonds is 3. The summed E-state index contributed by atoms with van der Waals surface area (Å²) in [5.41, 5.74) is 0.0784. The lowest BCUT2D eigenvalue weighted by molar-refractivity contribution is -0.130. The molecule has 1 unspecified atom stereocenters. The molecular weight excluding hydrogens is 304 g/mol. The number of nitrogens with one attached hydrogen (secondary N) is 1. The molecule has 1 aromatic carbocycles. The number of carbonyl (C=O) groups excluding carboxylic acids is 2.